The van der Waals surface area contributed by atoms with Gasteiger partial charge in [-0.3, -0.25) is 0 Å². The molecule has 2 fully saturated rings. The normalized spacial score (nSPS) is 26.5. The van der Waals surface area contributed by atoms with Crippen LogP contribution in [0.2, 0.25) is 0 Å². The number of nitrogens with one attached hydrogen (secondary N) is 1. The lowest BCUT2D eigenvalue weighted by atomic mass is 9.90. The van der Waals surface area contributed by atoms with Gasteiger partial charge in [0.05, 0.1) is 11.3 Å². The predicted molar refractivity (Wildman–Crippen MR) is 125 cm³/mol. The van der Waals surface area contributed by atoms with Gasteiger partial charge in [0.25, 0.3) is 0 Å². The van der Waals surface area contributed by atoms with Gasteiger partial charge in [-0.25, -0.2) is 4.68 Å². The monoisotopic (exact) mass is 488 g/mol. The molecule has 0 spiro atoms. The molecule has 0 amide bonds. The number of rotatable bonds is 4. The van der Waals surface area contributed by atoms with Gasteiger partial charge >= 0.3 is 6.18 Å². The highest BCUT2D eigenvalue weighted by Crippen LogP contribution is 2.41. The van der Waals surface area contributed by atoms with Gasteiger partial charge < -0.3 is 10.2 Å². The molecule has 4 atom stereocenters. The van der Waals surface area contributed by atoms with Crippen LogP contribution in [0.5, 0.6) is 0 Å². The Kier molecular flexibility index (Phi) is 5.31. The largest absolute Gasteiger partial charge is 0.416 e. The van der Waals surface area contributed by atoms with E-state index in [2.05, 4.69) is 20.7 Å². The average molecular weight is 489 g/mol. The molecule has 1 saturated heterocycles. The van der Waals surface area contributed by atoms with Crippen molar-refractivity contribution in [3.63, 3.8) is 0 Å². The van der Waals surface area contributed by atoms with E-state index in [0.717, 1.165) is 49.6 Å². The van der Waals surface area contributed by atoms with Crippen LogP contribution in [-0.4, -0.2) is 38.3 Å². The van der Waals surface area contributed by atoms with Crippen molar-refractivity contribution in [2.75, 3.05) is 23.3 Å². The number of aryl methyl sites for hydroxylation is 2. The molecule has 1 saturated carbocycles. The lowest BCUT2D eigenvalue weighted by molar-refractivity contribution is -0.137. The molecule has 3 aromatic rings. The van der Waals surface area contributed by atoms with Crippen molar-refractivity contribution in [3.05, 3.63) is 53.0 Å². The first-order chi connectivity index (χ1) is 16.3. The van der Waals surface area contributed by atoms with Crippen LogP contribution in [0.25, 0.3) is 0 Å². The number of hydrogen-bond acceptors (Lipinski definition) is 6. The Labute approximate surface area is 200 Å². The van der Waals surface area contributed by atoms with Crippen molar-refractivity contribution < 1.29 is 13.2 Å². The van der Waals surface area contributed by atoms with Crippen LogP contribution >= 0.6 is 11.5 Å². The minimum Gasteiger partial charge on any atom is -0.361 e. The van der Waals surface area contributed by atoms with E-state index in [0.29, 0.717) is 23.8 Å². The maximum absolute atomic E-state index is 13.0. The topological polar surface area (TPSA) is 58.9 Å². The summed E-state index contributed by atoms with van der Waals surface area (Å²) in [7, 11) is 0. The van der Waals surface area contributed by atoms with Crippen molar-refractivity contribution in [1.29, 1.82) is 0 Å². The van der Waals surface area contributed by atoms with Crippen LogP contribution in [0.4, 0.5) is 24.1 Å². The Morgan fingerprint density at radius 1 is 1.06 bits per heavy atom. The van der Waals surface area contributed by atoms with Gasteiger partial charge in [-0.05, 0) is 79.7 Å². The number of hydrogen-bond donors (Lipinski definition) is 1. The van der Waals surface area contributed by atoms with Crippen molar-refractivity contribution in [2.45, 2.75) is 57.3 Å². The van der Waals surface area contributed by atoms with Gasteiger partial charge in [0.1, 0.15) is 10.8 Å². The van der Waals surface area contributed by atoms with Crippen molar-refractivity contribution in [3.8, 4) is 0 Å². The summed E-state index contributed by atoms with van der Waals surface area (Å²) in [5.74, 6) is 2.53. The molecular formula is C24H27F3N6S. The third kappa shape index (κ3) is 3.95. The molecule has 6 rings (SSSR count). The highest BCUT2D eigenvalue weighted by molar-refractivity contribution is 7.10. The molecule has 34 heavy (non-hydrogen) atoms. The van der Waals surface area contributed by atoms with Crippen molar-refractivity contribution in [2.24, 2.45) is 11.8 Å². The van der Waals surface area contributed by atoms with E-state index >= 15 is 0 Å². The highest BCUT2D eigenvalue weighted by Gasteiger charge is 2.43. The molecule has 2 bridgehead atoms. The highest BCUT2D eigenvalue weighted by atomic mass is 32.1. The molecule has 2 unspecified atom stereocenters. The molecule has 10 heteroatoms. The second-order valence-corrected chi connectivity index (χ2v) is 10.6. The maximum atomic E-state index is 13.0. The molecule has 0 radical (unpaired) electrons. The van der Waals surface area contributed by atoms with Gasteiger partial charge in [-0.2, -0.15) is 22.5 Å². The van der Waals surface area contributed by atoms with Gasteiger partial charge in [-0.1, -0.05) is 12.1 Å². The van der Waals surface area contributed by atoms with E-state index in [1.54, 1.807) is 23.7 Å². The third-order valence-corrected chi connectivity index (χ3v) is 8.51. The number of anilines is 2. The molecule has 1 aromatic carbocycles. The van der Waals surface area contributed by atoms with Gasteiger partial charge in [-0.15, -0.1) is 5.10 Å². The number of benzene rings is 1. The third-order valence-electron chi connectivity index (χ3n) is 7.57. The zero-order valence-electron chi connectivity index (χ0n) is 18.9. The van der Waals surface area contributed by atoms with Crippen LogP contribution < -0.4 is 10.2 Å². The van der Waals surface area contributed by atoms with Crippen molar-refractivity contribution >= 4 is 22.5 Å². The first kappa shape index (κ1) is 21.9. The van der Waals surface area contributed by atoms with E-state index in [-0.39, 0.29) is 5.92 Å². The molecule has 180 valence electrons. The van der Waals surface area contributed by atoms with Crippen LogP contribution in [0.3, 0.4) is 0 Å². The Balaban J connectivity index is 1.19. The average Bonchev–Trinajstić information content (AvgIpc) is 3.48. The van der Waals surface area contributed by atoms with Crippen LogP contribution in [0, 0.1) is 18.8 Å². The number of aromatic nitrogens is 4. The Morgan fingerprint density at radius 2 is 1.79 bits per heavy atom. The Bertz CT molecular complexity index is 1160. The standard InChI is InChI=1S/C24H27F3N6S/c1-14-11-20(34-31-14)32-12-16-4-5-17(13-32)21(16)28-23-29-22-19(3-2-10-33(22)30-23)15-6-8-18(9-7-15)24(25,26)27/h6-9,11,16-17,19,21H,2-5,10,12-13H2,1H3,(H,28,30)/t16-,17+,19?,21?. The summed E-state index contributed by atoms with van der Waals surface area (Å²) < 4.78 is 45.3. The summed E-state index contributed by atoms with van der Waals surface area (Å²) in [6.07, 6.45) is -0.145. The fourth-order valence-corrected chi connectivity index (χ4v) is 6.70. The zero-order chi connectivity index (χ0) is 23.4. The van der Waals surface area contributed by atoms with Gasteiger partial charge in [0.15, 0.2) is 0 Å². The number of nitrogens with zero attached hydrogens (tertiary/aromatic N) is 5. The van der Waals surface area contributed by atoms with E-state index in [1.807, 2.05) is 11.6 Å². The molecule has 2 aliphatic heterocycles. The van der Waals surface area contributed by atoms with E-state index in [1.165, 1.54) is 30.0 Å². The summed E-state index contributed by atoms with van der Waals surface area (Å²) in [5, 5.41) is 9.65. The minimum absolute atomic E-state index is 0.0350. The van der Waals surface area contributed by atoms with E-state index in [4.69, 9.17) is 10.1 Å². The van der Waals surface area contributed by atoms with Crippen LogP contribution in [-0.2, 0) is 12.7 Å². The summed E-state index contributed by atoms with van der Waals surface area (Å²) in [6, 6.07) is 8.02. The quantitative estimate of drug-likeness (QED) is 0.539. The Morgan fingerprint density at radius 3 is 2.44 bits per heavy atom. The second kappa shape index (κ2) is 8.25. The second-order valence-electron chi connectivity index (χ2n) is 9.81. The number of piperidine rings is 1. The van der Waals surface area contributed by atoms with Crippen LogP contribution in [0.1, 0.15) is 54.2 Å². The summed E-state index contributed by atoms with van der Waals surface area (Å²) in [5.41, 5.74) is 1.32. The number of halogens is 3. The molecule has 4 heterocycles. The fourth-order valence-electron chi connectivity index (χ4n) is 5.92. The van der Waals surface area contributed by atoms with E-state index in [9.17, 15) is 13.2 Å². The lowest BCUT2D eigenvalue weighted by Gasteiger charge is -2.38. The zero-order valence-corrected chi connectivity index (χ0v) is 19.7. The SMILES string of the molecule is Cc1cc(N2C[C@H]3CC[C@@H](C2)C3Nc2nc3n(n2)CCCC3c2ccc(C(F)(F)F)cc2)sn1. The van der Waals surface area contributed by atoms with Gasteiger partial charge in [0.2, 0.25) is 5.95 Å². The summed E-state index contributed by atoms with van der Waals surface area (Å²) >= 11 is 1.58. The Hall–Kier alpha value is -2.62. The molecule has 6 nitrogen and oxygen atoms in total. The minimum atomic E-state index is -4.32. The van der Waals surface area contributed by atoms with Crippen LogP contribution in [0.15, 0.2) is 30.3 Å². The van der Waals surface area contributed by atoms with E-state index < -0.39 is 11.7 Å². The predicted octanol–water partition coefficient (Wildman–Crippen LogP) is 5.31. The molecule has 2 aromatic heterocycles. The summed E-state index contributed by atoms with van der Waals surface area (Å²) in [4.78, 5) is 7.32. The first-order valence-electron chi connectivity index (χ1n) is 11.9. The molecular weight excluding hydrogens is 461 g/mol. The number of fused-ring (bicyclic) bond motifs is 3. The van der Waals surface area contributed by atoms with Crippen molar-refractivity contribution in [1.82, 2.24) is 19.1 Å². The summed E-state index contributed by atoms with van der Waals surface area (Å²) in [6.45, 7) is 4.85. The maximum Gasteiger partial charge on any atom is 0.416 e. The lowest BCUT2D eigenvalue weighted by Crippen LogP contribution is -2.48. The van der Waals surface area contributed by atoms with Gasteiger partial charge in [0, 0.05) is 31.6 Å². The molecule has 1 N–H and O–H groups in total. The molecule has 1 aliphatic carbocycles. The fraction of sp³-hybridized carbons (Fsp3) is 0.542. The number of alkyl halides is 3. The first-order valence-corrected chi connectivity index (χ1v) is 12.7. The smallest absolute Gasteiger partial charge is 0.361 e. The molecule has 3 aliphatic rings.